The first-order valence-corrected chi connectivity index (χ1v) is 9.01. The van der Waals surface area contributed by atoms with Gasteiger partial charge in [-0.15, -0.1) is 6.42 Å². The number of nitrogens with zero attached hydrogens (tertiary/aromatic N) is 1. The first-order valence-electron chi connectivity index (χ1n) is 9.01. The van der Waals surface area contributed by atoms with Gasteiger partial charge < -0.3 is 10.1 Å². The third kappa shape index (κ3) is 4.20. The average Bonchev–Trinajstić information content (AvgIpc) is 3.15. The second-order valence-electron chi connectivity index (χ2n) is 6.29. The van der Waals surface area contributed by atoms with Crippen LogP contribution in [0.2, 0.25) is 0 Å². The van der Waals surface area contributed by atoms with Crippen LogP contribution < -0.4 is 15.4 Å². The lowest BCUT2D eigenvalue weighted by atomic mass is 10.1. The van der Waals surface area contributed by atoms with Crippen molar-refractivity contribution in [2.24, 2.45) is 0 Å². The van der Waals surface area contributed by atoms with Gasteiger partial charge in [-0.25, -0.2) is 4.79 Å². The molecule has 0 unspecified atom stereocenters. The molecule has 0 spiro atoms. The lowest BCUT2D eigenvalue weighted by Gasteiger charge is -2.08. The normalized spacial score (nSPS) is 10.3. The number of aromatic nitrogens is 2. The van der Waals surface area contributed by atoms with Gasteiger partial charge in [0, 0.05) is 11.1 Å². The van der Waals surface area contributed by atoms with E-state index in [1.165, 1.54) is 0 Å². The maximum absolute atomic E-state index is 12.4. The van der Waals surface area contributed by atoms with Gasteiger partial charge in [0.1, 0.15) is 12.4 Å². The Balaban J connectivity index is 1.45. The number of nitrogens with one attached hydrogen (secondary N) is 3. The van der Waals surface area contributed by atoms with E-state index >= 15 is 0 Å². The molecule has 29 heavy (non-hydrogen) atoms. The molecule has 0 aliphatic rings. The number of aromatic amines is 1. The first kappa shape index (κ1) is 18.1. The number of hydrogen-bond acceptors (Lipinski definition) is 3. The molecule has 0 fully saturated rings. The second-order valence-corrected chi connectivity index (χ2v) is 6.29. The molecule has 142 valence electrons. The van der Waals surface area contributed by atoms with Crippen molar-refractivity contribution in [2.45, 2.75) is 0 Å². The van der Waals surface area contributed by atoms with Gasteiger partial charge in [-0.3, -0.25) is 10.4 Å². The highest BCUT2D eigenvalue weighted by atomic mass is 16.5. The van der Waals surface area contributed by atoms with E-state index < -0.39 is 0 Å². The van der Waals surface area contributed by atoms with Crippen molar-refractivity contribution < 1.29 is 9.53 Å². The molecule has 4 aromatic rings. The number of amides is 2. The zero-order valence-corrected chi connectivity index (χ0v) is 15.5. The molecule has 0 aliphatic carbocycles. The van der Waals surface area contributed by atoms with Gasteiger partial charge in [-0.2, -0.15) is 5.10 Å². The minimum atomic E-state index is -0.388. The predicted octanol–water partition coefficient (Wildman–Crippen LogP) is 4.89. The zero-order chi connectivity index (χ0) is 20.1. The lowest BCUT2D eigenvalue weighted by molar-refractivity contribution is 0.262. The summed E-state index contributed by atoms with van der Waals surface area (Å²) in [6.45, 7) is 0.172. The number of urea groups is 1. The summed E-state index contributed by atoms with van der Waals surface area (Å²) in [5, 5.41) is 13.3. The Morgan fingerprint density at radius 3 is 2.52 bits per heavy atom. The van der Waals surface area contributed by atoms with Crippen molar-refractivity contribution in [3.8, 4) is 29.2 Å². The van der Waals surface area contributed by atoms with Crippen LogP contribution >= 0.6 is 0 Å². The molecule has 4 rings (SSSR count). The Labute approximate surface area is 167 Å². The van der Waals surface area contributed by atoms with Gasteiger partial charge in [0.2, 0.25) is 0 Å². The van der Waals surface area contributed by atoms with E-state index in [1.54, 1.807) is 12.1 Å². The predicted molar refractivity (Wildman–Crippen MR) is 115 cm³/mol. The minimum Gasteiger partial charge on any atom is -0.481 e. The summed E-state index contributed by atoms with van der Waals surface area (Å²) < 4.78 is 5.43. The third-order valence-electron chi connectivity index (χ3n) is 4.34. The molecule has 3 N–H and O–H groups in total. The number of H-pyrrole nitrogens is 1. The largest absolute Gasteiger partial charge is 0.481 e. The summed E-state index contributed by atoms with van der Waals surface area (Å²) in [7, 11) is 0. The number of carbonyl (C=O) groups excluding carboxylic acids is 1. The summed E-state index contributed by atoms with van der Waals surface area (Å²) in [4.78, 5) is 12.4. The number of ether oxygens (including phenoxy) is 1. The SMILES string of the molecule is C#CCOc1ccc2[nH]nc(NC(=O)Nc3ccc(-c4ccccc4)cc3)c2c1. The number of hydrogen-bond donors (Lipinski definition) is 3. The Morgan fingerprint density at radius 2 is 1.76 bits per heavy atom. The van der Waals surface area contributed by atoms with Crippen molar-refractivity contribution in [3.63, 3.8) is 0 Å². The number of fused-ring (bicyclic) bond motifs is 1. The highest BCUT2D eigenvalue weighted by molar-refractivity contribution is 6.04. The van der Waals surface area contributed by atoms with E-state index in [2.05, 4.69) is 26.8 Å². The summed E-state index contributed by atoms with van der Waals surface area (Å²) in [5.74, 6) is 3.44. The van der Waals surface area contributed by atoms with Crippen LogP contribution in [0.25, 0.3) is 22.0 Å². The second kappa shape index (κ2) is 8.19. The van der Waals surface area contributed by atoms with Crippen LogP contribution in [0.5, 0.6) is 5.75 Å². The van der Waals surface area contributed by atoms with Crippen LogP contribution in [0, 0.1) is 12.3 Å². The Hall–Kier alpha value is -4.24. The van der Waals surface area contributed by atoms with E-state index in [-0.39, 0.29) is 12.6 Å². The number of anilines is 2. The fourth-order valence-corrected chi connectivity index (χ4v) is 2.95. The summed E-state index contributed by atoms with van der Waals surface area (Å²) in [5.41, 5.74) is 3.66. The highest BCUT2D eigenvalue weighted by Crippen LogP contribution is 2.26. The maximum atomic E-state index is 12.4. The number of rotatable bonds is 5. The van der Waals surface area contributed by atoms with Gasteiger partial charge in [0.25, 0.3) is 0 Å². The van der Waals surface area contributed by atoms with Gasteiger partial charge in [0.15, 0.2) is 5.82 Å². The Morgan fingerprint density at radius 1 is 1.00 bits per heavy atom. The third-order valence-corrected chi connectivity index (χ3v) is 4.34. The molecule has 6 heteroatoms. The van der Waals surface area contributed by atoms with Crippen molar-refractivity contribution in [2.75, 3.05) is 17.2 Å². The van der Waals surface area contributed by atoms with Crippen LogP contribution in [0.15, 0.2) is 72.8 Å². The molecule has 0 saturated carbocycles. The van der Waals surface area contributed by atoms with E-state index in [4.69, 9.17) is 11.2 Å². The Bertz CT molecular complexity index is 1180. The molecule has 2 amide bonds. The lowest BCUT2D eigenvalue weighted by Crippen LogP contribution is -2.19. The molecule has 0 atom stereocenters. The van der Waals surface area contributed by atoms with Crippen LogP contribution in [0.4, 0.5) is 16.3 Å². The molecule has 0 bridgehead atoms. The van der Waals surface area contributed by atoms with Crippen LogP contribution in [-0.2, 0) is 0 Å². The molecule has 3 aromatic carbocycles. The van der Waals surface area contributed by atoms with Gasteiger partial charge in [0.05, 0.1) is 5.52 Å². The van der Waals surface area contributed by atoms with Crippen LogP contribution in [0.1, 0.15) is 0 Å². The quantitative estimate of drug-likeness (QED) is 0.430. The van der Waals surface area contributed by atoms with Crippen LogP contribution in [-0.4, -0.2) is 22.8 Å². The van der Waals surface area contributed by atoms with Gasteiger partial charge in [-0.05, 0) is 41.5 Å². The molecule has 6 nitrogen and oxygen atoms in total. The first-order chi connectivity index (χ1) is 14.2. The molecule has 0 aliphatic heterocycles. The molecule has 0 saturated heterocycles. The summed E-state index contributed by atoms with van der Waals surface area (Å²) in [6, 6.07) is 22.7. The summed E-state index contributed by atoms with van der Waals surface area (Å²) >= 11 is 0. The monoisotopic (exact) mass is 382 g/mol. The molecular formula is C23H18N4O2. The fourth-order valence-electron chi connectivity index (χ4n) is 2.95. The summed E-state index contributed by atoms with van der Waals surface area (Å²) in [6.07, 6.45) is 5.22. The number of terminal acetylenes is 1. The van der Waals surface area contributed by atoms with Crippen molar-refractivity contribution in [1.82, 2.24) is 10.2 Å². The number of benzene rings is 3. The minimum absolute atomic E-state index is 0.172. The fraction of sp³-hybridized carbons (Fsp3) is 0.0435. The topological polar surface area (TPSA) is 79.0 Å². The number of carbonyl (C=O) groups is 1. The van der Waals surface area contributed by atoms with E-state index in [0.29, 0.717) is 17.3 Å². The van der Waals surface area contributed by atoms with Crippen molar-refractivity contribution >= 4 is 28.4 Å². The smallest absolute Gasteiger partial charge is 0.324 e. The highest BCUT2D eigenvalue weighted by Gasteiger charge is 2.11. The van der Waals surface area contributed by atoms with E-state index in [0.717, 1.165) is 22.0 Å². The van der Waals surface area contributed by atoms with Gasteiger partial charge in [-0.1, -0.05) is 48.4 Å². The molecule has 1 heterocycles. The van der Waals surface area contributed by atoms with Crippen molar-refractivity contribution in [1.29, 1.82) is 0 Å². The van der Waals surface area contributed by atoms with Gasteiger partial charge >= 0.3 is 6.03 Å². The molecule has 1 aromatic heterocycles. The average molecular weight is 382 g/mol. The van der Waals surface area contributed by atoms with E-state index in [9.17, 15) is 4.79 Å². The van der Waals surface area contributed by atoms with Crippen LogP contribution in [0.3, 0.4) is 0 Å². The zero-order valence-electron chi connectivity index (χ0n) is 15.5. The van der Waals surface area contributed by atoms with Crippen molar-refractivity contribution in [3.05, 3.63) is 72.8 Å². The standard InChI is InChI=1S/C23H18N4O2/c1-2-14-29-19-12-13-21-20(15-19)22(27-26-21)25-23(28)24-18-10-8-17(9-11-18)16-6-4-3-5-7-16/h1,3-13,15H,14H2,(H3,24,25,26,27,28). The molecule has 0 radical (unpaired) electrons. The van der Waals surface area contributed by atoms with E-state index in [1.807, 2.05) is 60.7 Å². The Kier molecular flexibility index (Phi) is 5.12. The molecular weight excluding hydrogens is 364 g/mol. The maximum Gasteiger partial charge on any atom is 0.324 e.